The third-order valence-electron chi connectivity index (χ3n) is 4.63. The van der Waals surface area contributed by atoms with Crippen molar-refractivity contribution in [2.75, 3.05) is 21.9 Å². The zero-order valence-corrected chi connectivity index (χ0v) is 16.6. The number of hydrogen-bond acceptors (Lipinski definition) is 3. The Bertz CT molecular complexity index is 970. The van der Waals surface area contributed by atoms with Crippen molar-refractivity contribution in [3.05, 3.63) is 64.7 Å². The van der Waals surface area contributed by atoms with Gasteiger partial charge in [0.1, 0.15) is 0 Å². The molecule has 0 atom stereocenters. The summed E-state index contributed by atoms with van der Waals surface area (Å²) in [5.74, 6) is 0.00314. The van der Waals surface area contributed by atoms with E-state index in [4.69, 9.17) is 0 Å². The largest absolute Gasteiger partial charge is 0.322 e. The van der Waals surface area contributed by atoms with E-state index in [9.17, 15) is 13.2 Å². The van der Waals surface area contributed by atoms with Crippen molar-refractivity contribution >= 4 is 33.4 Å². The summed E-state index contributed by atoms with van der Waals surface area (Å²) in [5, 5.41) is 2.93. The molecular weight excluding hydrogens is 360 g/mol. The zero-order chi connectivity index (χ0) is 19.6. The van der Waals surface area contributed by atoms with Gasteiger partial charge < -0.3 is 5.32 Å². The number of rotatable bonds is 4. The van der Waals surface area contributed by atoms with Gasteiger partial charge in [0.25, 0.3) is 0 Å². The second-order valence-electron chi connectivity index (χ2n) is 6.93. The number of amides is 1. The summed E-state index contributed by atoms with van der Waals surface area (Å²) in [6.07, 6.45) is 3.86. The van der Waals surface area contributed by atoms with Gasteiger partial charge in [-0.05, 0) is 62.1 Å². The fourth-order valence-electron chi connectivity index (χ4n) is 3.40. The van der Waals surface area contributed by atoms with Crippen molar-refractivity contribution in [2.45, 2.75) is 27.2 Å². The monoisotopic (exact) mass is 384 g/mol. The van der Waals surface area contributed by atoms with Gasteiger partial charge in [0, 0.05) is 18.3 Å². The minimum absolute atomic E-state index is 0.198. The van der Waals surface area contributed by atoms with E-state index in [1.54, 1.807) is 18.2 Å². The van der Waals surface area contributed by atoms with Crippen LogP contribution in [0.15, 0.2) is 42.5 Å². The van der Waals surface area contributed by atoms with E-state index >= 15 is 0 Å². The highest BCUT2D eigenvalue weighted by Crippen LogP contribution is 2.25. The summed E-state index contributed by atoms with van der Waals surface area (Å²) >= 11 is 0. The third kappa shape index (κ3) is 4.39. The topological polar surface area (TPSA) is 66.5 Å². The summed E-state index contributed by atoms with van der Waals surface area (Å²) in [4.78, 5) is 12.3. The number of hydrogen-bond donors (Lipinski definition) is 1. The molecule has 5 nitrogen and oxygen atoms in total. The quantitative estimate of drug-likeness (QED) is 0.816. The van der Waals surface area contributed by atoms with Crippen LogP contribution < -0.4 is 9.62 Å². The standard InChI is InChI=1S/C21H24N2O3S/c1-15-13-16(2)21(17(3)14-15)22-20(24)10-7-18-5-8-19(9-6-18)23-11-4-12-27(23,25)26/h5-10,13-14H,4,11-12H2,1-3H3,(H,22,24)/b10-7+. The molecule has 0 aromatic heterocycles. The third-order valence-corrected chi connectivity index (χ3v) is 6.50. The van der Waals surface area contributed by atoms with Crippen LogP contribution >= 0.6 is 0 Å². The lowest BCUT2D eigenvalue weighted by molar-refractivity contribution is -0.111. The number of carbonyl (C=O) groups excluding carboxylic acids is 1. The second kappa shape index (κ2) is 7.56. The summed E-state index contributed by atoms with van der Waals surface area (Å²) in [5.41, 5.74) is 5.57. The van der Waals surface area contributed by atoms with E-state index in [0.29, 0.717) is 18.7 Å². The van der Waals surface area contributed by atoms with E-state index in [1.165, 1.54) is 15.9 Å². The minimum Gasteiger partial charge on any atom is -0.322 e. The maximum atomic E-state index is 12.3. The average Bonchev–Trinajstić information content (AvgIpc) is 2.96. The van der Waals surface area contributed by atoms with Gasteiger partial charge in [-0.15, -0.1) is 0 Å². The summed E-state index contributed by atoms with van der Waals surface area (Å²) < 4.78 is 25.4. The Morgan fingerprint density at radius 2 is 1.70 bits per heavy atom. The molecule has 1 saturated heterocycles. The Hall–Kier alpha value is -2.60. The summed E-state index contributed by atoms with van der Waals surface area (Å²) in [7, 11) is -3.17. The van der Waals surface area contributed by atoms with Gasteiger partial charge in [-0.1, -0.05) is 29.8 Å². The van der Waals surface area contributed by atoms with Gasteiger partial charge in [0.15, 0.2) is 0 Å². The normalized spacial score (nSPS) is 16.0. The molecule has 0 aliphatic carbocycles. The Balaban J connectivity index is 1.68. The maximum absolute atomic E-state index is 12.3. The second-order valence-corrected chi connectivity index (χ2v) is 8.94. The minimum atomic E-state index is -3.17. The average molecular weight is 385 g/mol. The van der Waals surface area contributed by atoms with Crippen molar-refractivity contribution < 1.29 is 13.2 Å². The smallest absolute Gasteiger partial charge is 0.248 e. The fourth-order valence-corrected chi connectivity index (χ4v) is 4.96. The van der Waals surface area contributed by atoms with E-state index in [2.05, 4.69) is 5.32 Å². The number of sulfonamides is 1. The van der Waals surface area contributed by atoms with Gasteiger partial charge in [0.05, 0.1) is 11.4 Å². The first-order valence-electron chi connectivity index (χ1n) is 8.94. The number of aryl methyl sites for hydroxylation is 3. The molecule has 3 rings (SSSR count). The molecule has 1 aliphatic rings. The first-order chi connectivity index (χ1) is 12.8. The molecule has 0 radical (unpaired) electrons. The molecule has 1 amide bonds. The van der Waals surface area contributed by atoms with Crippen LogP contribution in [0.2, 0.25) is 0 Å². The van der Waals surface area contributed by atoms with Gasteiger partial charge in [-0.25, -0.2) is 8.42 Å². The van der Waals surface area contributed by atoms with Crippen molar-refractivity contribution in [3.8, 4) is 0 Å². The zero-order valence-electron chi connectivity index (χ0n) is 15.8. The first kappa shape index (κ1) is 19.2. The van der Waals surface area contributed by atoms with Gasteiger partial charge >= 0.3 is 0 Å². The highest BCUT2D eigenvalue weighted by atomic mass is 32.2. The number of benzene rings is 2. The number of anilines is 2. The fraction of sp³-hybridized carbons (Fsp3) is 0.286. The molecule has 1 aliphatic heterocycles. The van der Waals surface area contributed by atoms with E-state index < -0.39 is 10.0 Å². The summed E-state index contributed by atoms with van der Waals surface area (Å²) in [6, 6.07) is 11.3. The molecule has 1 N–H and O–H groups in total. The molecule has 2 aromatic carbocycles. The molecule has 0 spiro atoms. The van der Waals surface area contributed by atoms with E-state index in [-0.39, 0.29) is 11.7 Å². The first-order valence-corrected chi connectivity index (χ1v) is 10.5. The molecule has 0 bridgehead atoms. The van der Waals surface area contributed by atoms with E-state index in [1.807, 2.05) is 45.0 Å². The van der Waals surface area contributed by atoms with Crippen LogP contribution in [0.5, 0.6) is 0 Å². The van der Waals surface area contributed by atoms with Crippen molar-refractivity contribution in [1.29, 1.82) is 0 Å². The van der Waals surface area contributed by atoms with Gasteiger partial charge in [-0.3, -0.25) is 9.10 Å². The van der Waals surface area contributed by atoms with Crippen molar-refractivity contribution in [2.24, 2.45) is 0 Å². The van der Waals surface area contributed by atoms with Crippen LogP contribution in [0.4, 0.5) is 11.4 Å². The van der Waals surface area contributed by atoms with Crippen LogP contribution in [0.1, 0.15) is 28.7 Å². The number of carbonyl (C=O) groups is 1. The lowest BCUT2D eigenvalue weighted by Crippen LogP contribution is -2.24. The lowest BCUT2D eigenvalue weighted by Gasteiger charge is -2.16. The summed E-state index contributed by atoms with van der Waals surface area (Å²) in [6.45, 7) is 6.51. The highest BCUT2D eigenvalue weighted by molar-refractivity contribution is 7.93. The molecular formula is C21H24N2O3S. The van der Waals surface area contributed by atoms with E-state index in [0.717, 1.165) is 22.4 Å². The van der Waals surface area contributed by atoms with Gasteiger partial charge in [-0.2, -0.15) is 0 Å². The molecule has 6 heteroatoms. The predicted octanol–water partition coefficient (Wildman–Crippen LogP) is 3.80. The molecule has 1 fully saturated rings. The Morgan fingerprint density at radius 3 is 2.26 bits per heavy atom. The van der Waals surface area contributed by atoms with Crippen LogP contribution in [0.3, 0.4) is 0 Å². The van der Waals surface area contributed by atoms with Crippen LogP contribution in [-0.2, 0) is 14.8 Å². The van der Waals surface area contributed by atoms with Crippen LogP contribution in [0, 0.1) is 20.8 Å². The molecule has 0 unspecified atom stereocenters. The van der Waals surface area contributed by atoms with Crippen LogP contribution in [-0.4, -0.2) is 26.6 Å². The molecule has 0 saturated carbocycles. The molecule has 2 aromatic rings. The van der Waals surface area contributed by atoms with Crippen LogP contribution in [0.25, 0.3) is 6.08 Å². The lowest BCUT2D eigenvalue weighted by atomic mass is 10.1. The van der Waals surface area contributed by atoms with Crippen molar-refractivity contribution in [1.82, 2.24) is 0 Å². The predicted molar refractivity (Wildman–Crippen MR) is 111 cm³/mol. The number of nitrogens with one attached hydrogen (secondary N) is 1. The van der Waals surface area contributed by atoms with Crippen molar-refractivity contribution in [3.63, 3.8) is 0 Å². The van der Waals surface area contributed by atoms with Gasteiger partial charge in [0.2, 0.25) is 15.9 Å². The molecule has 142 valence electrons. The molecule has 1 heterocycles. The maximum Gasteiger partial charge on any atom is 0.248 e. The Labute approximate surface area is 160 Å². The Kier molecular flexibility index (Phi) is 5.37. The number of nitrogens with zero attached hydrogens (tertiary/aromatic N) is 1. The Morgan fingerprint density at radius 1 is 1.07 bits per heavy atom. The SMILES string of the molecule is Cc1cc(C)c(NC(=O)/C=C/c2ccc(N3CCCS3(=O)=O)cc2)c(C)c1. The highest BCUT2D eigenvalue weighted by Gasteiger charge is 2.28. The molecule has 27 heavy (non-hydrogen) atoms.